The highest BCUT2D eigenvalue weighted by atomic mass is 32.2. The molecule has 24 heavy (non-hydrogen) atoms. The normalized spacial score (nSPS) is 12.4. The van der Waals surface area contributed by atoms with E-state index in [9.17, 15) is 13.2 Å². The predicted octanol–water partition coefficient (Wildman–Crippen LogP) is 1.86. The molecule has 9 nitrogen and oxygen atoms in total. The van der Waals surface area contributed by atoms with Crippen LogP contribution in [0.4, 0.5) is 10.6 Å². The van der Waals surface area contributed by atoms with Crippen LogP contribution >= 0.6 is 0 Å². The smallest absolute Gasteiger partial charge is 0.413 e. The second-order valence-corrected chi connectivity index (χ2v) is 7.92. The summed E-state index contributed by atoms with van der Waals surface area (Å²) in [6.07, 6.45) is 3.61. The van der Waals surface area contributed by atoms with Crippen LogP contribution in [0, 0.1) is 6.92 Å². The molecule has 0 spiro atoms. The first kappa shape index (κ1) is 18.1. The number of rotatable bonds is 4. The summed E-state index contributed by atoms with van der Waals surface area (Å²) in [7, 11) is -3.60. The molecule has 0 aliphatic heterocycles. The minimum absolute atomic E-state index is 0.243. The van der Waals surface area contributed by atoms with Gasteiger partial charge >= 0.3 is 6.09 Å². The van der Waals surface area contributed by atoms with Gasteiger partial charge in [0.05, 0.1) is 18.1 Å². The summed E-state index contributed by atoms with van der Waals surface area (Å²) >= 11 is 0. The first-order valence-electron chi connectivity index (χ1n) is 7.12. The first-order valence-corrected chi connectivity index (χ1v) is 8.94. The van der Waals surface area contributed by atoms with Gasteiger partial charge < -0.3 is 9.14 Å². The Kier molecular flexibility index (Phi) is 4.81. The summed E-state index contributed by atoms with van der Waals surface area (Å²) in [5, 5.41) is 2.53. The number of imidazole rings is 1. The van der Waals surface area contributed by atoms with E-state index in [2.05, 4.69) is 15.3 Å². The standard InChI is InChI=1S/C14H20N4O5S/c1-9-6-18-7-11(17-13(19)23-14(2,3)4)16-12(18)10(15-9)8-22-24(5,20)21/h6-7H,8H2,1-5H3,(H,17,19). The maximum absolute atomic E-state index is 11.8. The molecule has 2 aromatic heterocycles. The Labute approximate surface area is 140 Å². The van der Waals surface area contributed by atoms with Crippen molar-refractivity contribution in [2.45, 2.75) is 39.9 Å². The molecule has 10 heteroatoms. The molecular formula is C14H20N4O5S. The van der Waals surface area contributed by atoms with Crippen molar-refractivity contribution in [3.63, 3.8) is 0 Å². The zero-order valence-electron chi connectivity index (χ0n) is 14.2. The van der Waals surface area contributed by atoms with Crippen LogP contribution < -0.4 is 5.32 Å². The third kappa shape index (κ3) is 5.17. The highest BCUT2D eigenvalue weighted by Gasteiger charge is 2.18. The van der Waals surface area contributed by atoms with Crippen molar-refractivity contribution in [1.82, 2.24) is 14.4 Å². The Hall–Kier alpha value is -2.20. The molecule has 1 amide bonds. The van der Waals surface area contributed by atoms with Crippen molar-refractivity contribution in [3.8, 4) is 0 Å². The molecule has 2 aromatic rings. The zero-order valence-corrected chi connectivity index (χ0v) is 15.0. The minimum atomic E-state index is -3.60. The van der Waals surface area contributed by atoms with Crippen molar-refractivity contribution < 1.29 is 22.1 Å². The number of carbonyl (C=O) groups is 1. The van der Waals surface area contributed by atoms with E-state index in [0.29, 0.717) is 17.0 Å². The largest absolute Gasteiger partial charge is 0.444 e. The lowest BCUT2D eigenvalue weighted by atomic mass is 10.2. The van der Waals surface area contributed by atoms with Crippen LogP contribution in [0.3, 0.4) is 0 Å². The maximum atomic E-state index is 11.8. The van der Waals surface area contributed by atoms with Crippen LogP contribution in [0.2, 0.25) is 0 Å². The van der Waals surface area contributed by atoms with Gasteiger partial charge in [0.2, 0.25) is 0 Å². The predicted molar refractivity (Wildman–Crippen MR) is 87.2 cm³/mol. The van der Waals surface area contributed by atoms with Crippen molar-refractivity contribution >= 4 is 27.7 Å². The molecule has 132 valence electrons. The topological polar surface area (TPSA) is 112 Å². The van der Waals surface area contributed by atoms with E-state index in [1.807, 2.05) is 0 Å². The van der Waals surface area contributed by atoms with Gasteiger partial charge in [0, 0.05) is 6.20 Å². The molecule has 0 fully saturated rings. The van der Waals surface area contributed by atoms with Gasteiger partial charge in [-0.15, -0.1) is 0 Å². The zero-order chi connectivity index (χ0) is 18.1. The van der Waals surface area contributed by atoms with Gasteiger partial charge in [-0.05, 0) is 27.7 Å². The molecular weight excluding hydrogens is 336 g/mol. The van der Waals surface area contributed by atoms with Crippen molar-refractivity contribution in [2.75, 3.05) is 11.6 Å². The van der Waals surface area contributed by atoms with Crippen LogP contribution in [-0.4, -0.2) is 40.7 Å². The number of amides is 1. The molecule has 0 bridgehead atoms. The highest BCUT2D eigenvalue weighted by molar-refractivity contribution is 7.85. The Morgan fingerprint density at radius 3 is 2.54 bits per heavy atom. The average Bonchev–Trinajstić information content (AvgIpc) is 2.74. The molecule has 0 radical (unpaired) electrons. The van der Waals surface area contributed by atoms with E-state index < -0.39 is 21.8 Å². The Morgan fingerprint density at radius 1 is 1.29 bits per heavy atom. The number of aromatic nitrogens is 3. The Bertz CT molecular complexity index is 867. The molecule has 0 unspecified atom stereocenters. The molecule has 0 aliphatic rings. The summed E-state index contributed by atoms with van der Waals surface area (Å²) in [6.45, 7) is 6.77. The molecule has 0 saturated carbocycles. The first-order chi connectivity index (χ1) is 10.9. The lowest BCUT2D eigenvalue weighted by molar-refractivity contribution is 0.0635. The van der Waals surface area contributed by atoms with Crippen LogP contribution in [0.15, 0.2) is 12.4 Å². The molecule has 0 atom stereocenters. The summed E-state index contributed by atoms with van der Waals surface area (Å²) in [4.78, 5) is 20.3. The van der Waals surface area contributed by atoms with E-state index >= 15 is 0 Å². The monoisotopic (exact) mass is 356 g/mol. The van der Waals surface area contributed by atoms with E-state index in [4.69, 9.17) is 8.92 Å². The number of aryl methyl sites for hydroxylation is 1. The number of nitrogens with zero attached hydrogens (tertiary/aromatic N) is 3. The fourth-order valence-corrected chi connectivity index (χ4v) is 2.25. The molecule has 1 N–H and O–H groups in total. The van der Waals surface area contributed by atoms with Crippen LogP contribution in [-0.2, 0) is 25.6 Å². The second kappa shape index (κ2) is 6.36. The third-order valence-corrected chi connectivity index (χ3v) is 3.21. The number of carbonyl (C=O) groups excluding carboxylic acids is 1. The summed E-state index contributed by atoms with van der Waals surface area (Å²) in [6, 6.07) is 0. The fraction of sp³-hybridized carbons (Fsp3) is 0.500. The molecule has 0 saturated heterocycles. The van der Waals surface area contributed by atoms with Gasteiger partial charge in [-0.25, -0.2) is 9.78 Å². The quantitative estimate of drug-likeness (QED) is 0.832. The average molecular weight is 356 g/mol. The van der Waals surface area contributed by atoms with Crippen LogP contribution in [0.25, 0.3) is 5.65 Å². The number of fused-ring (bicyclic) bond motifs is 1. The van der Waals surface area contributed by atoms with Crippen molar-refractivity contribution in [1.29, 1.82) is 0 Å². The number of anilines is 1. The van der Waals surface area contributed by atoms with Gasteiger partial charge in [-0.2, -0.15) is 8.42 Å². The van der Waals surface area contributed by atoms with Gasteiger partial charge in [-0.3, -0.25) is 14.5 Å². The number of hydrogen-bond acceptors (Lipinski definition) is 7. The highest BCUT2D eigenvalue weighted by Crippen LogP contribution is 2.16. The third-order valence-electron chi connectivity index (χ3n) is 2.67. The van der Waals surface area contributed by atoms with E-state index in [1.54, 1.807) is 44.5 Å². The second-order valence-electron chi connectivity index (χ2n) is 6.28. The number of hydrogen-bond donors (Lipinski definition) is 1. The van der Waals surface area contributed by atoms with Gasteiger partial charge in [0.15, 0.2) is 11.5 Å². The summed E-state index contributed by atoms with van der Waals surface area (Å²) in [5.41, 5.74) is 0.749. The van der Waals surface area contributed by atoms with Crippen molar-refractivity contribution in [2.24, 2.45) is 0 Å². The summed E-state index contributed by atoms with van der Waals surface area (Å²) < 4.78 is 33.9. The summed E-state index contributed by atoms with van der Waals surface area (Å²) in [5.74, 6) is 0.261. The molecule has 2 heterocycles. The number of nitrogens with one attached hydrogen (secondary N) is 1. The molecule has 0 aromatic carbocycles. The lowest BCUT2D eigenvalue weighted by Gasteiger charge is -2.18. The van der Waals surface area contributed by atoms with Crippen LogP contribution in [0.5, 0.6) is 0 Å². The Morgan fingerprint density at radius 2 is 1.96 bits per heavy atom. The lowest BCUT2D eigenvalue weighted by Crippen LogP contribution is -2.27. The molecule has 2 rings (SSSR count). The van der Waals surface area contributed by atoms with E-state index in [1.165, 1.54) is 0 Å². The molecule has 0 aliphatic carbocycles. The number of ether oxygens (including phenoxy) is 1. The SMILES string of the molecule is Cc1cn2cc(NC(=O)OC(C)(C)C)nc2c(COS(C)(=O)=O)n1. The maximum Gasteiger partial charge on any atom is 0.413 e. The Balaban J connectivity index is 2.28. The van der Waals surface area contributed by atoms with E-state index in [-0.39, 0.29) is 12.4 Å². The van der Waals surface area contributed by atoms with E-state index in [0.717, 1.165) is 6.26 Å². The van der Waals surface area contributed by atoms with Crippen LogP contribution in [0.1, 0.15) is 32.2 Å². The fourth-order valence-electron chi connectivity index (χ4n) is 1.93. The van der Waals surface area contributed by atoms with Gasteiger partial charge in [-0.1, -0.05) is 0 Å². The van der Waals surface area contributed by atoms with Gasteiger partial charge in [0.25, 0.3) is 10.1 Å². The van der Waals surface area contributed by atoms with Crippen molar-refractivity contribution in [3.05, 3.63) is 23.8 Å². The van der Waals surface area contributed by atoms with Gasteiger partial charge in [0.1, 0.15) is 17.9 Å². The minimum Gasteiger partial charge on any atom is -0.444 e.